The lowest BCUT2D eigenvalue weighted by atomic mass is 9.99. The second kappa shape index (κ2) is 6.69. The van der Waals surface area contributed by atoms with Gasteiger partial charge in [0.2, 0.25) is 11.8 Å². The van der Waals surface area contributed by atoms with Gasteiger partial charge in [0.05, 0.1) is 5.92 Å². The van der Waals surface area contributed by atoms with E-state index in [9.17, 15) is 9.59 Å². The zero-order chi connectivity index (χ0) is 15.4. The molecule has 1 fully saturated rings. The molecule has 0 spiro atoms. The second-order valence-electron chi connectivity index (χ2n) is 5.58. The highest BCUT2D eigenvalue weighted by atomic mass is 16.5. The molecular formula is C14H21N3O4. The molecule has 2 atom stereocenters. The number of hydrogen-bond acceptors (Lipinski definition) is 5. The van der Waals surface area contributed by atoms with Crippen LogP contribution < -0.4 is 0 Å². The summed E-state index contributed by atoms with van der Waals surface area (Å²) in [5, 5.41) is 12.9. The average Bonchev–Trinajstić information content (AvgIpc) is 3.03. The summed E-state index contributed by atoms with van der Waals surface area (Å²) in [6.45, 7) is 4.69. The molecule has 0 radical (unpaired) electrons. The van der Waals surface area contributed by atoms with Crippen LogP contribution in [-0.2, 0) is 22.4 Å². The third kappa shape index (κ3) is 3.80. The van der Waals surface area contributed by atoms with Gasteiger partial charge in [-0.2, -0.15) is 4.98 Å². The molecule has 0 bridgehead atoms. The highest BCUT2D eigenvalue weighted by Gasteiger charge is 2.36. The van der Waals surface area contributed by atoms with Gasteiger partial charge in [-0.05, 0) is 12.3 Å². The van der Waals surface area contributed by atoms with Crippen LogP contribution >= 0.6 is 0 Å². The van der Waals surface area contributed by atoms with Crippen LogP contribution in [-0.4, -0.2) is 45.1 Å². The van der Waals surface area contributed by atoms with Gasteiger partial charge in [-0.1, -0.05) is 19.0 Å². The lowest BCUT2D eigenvalue weighted by molar-refractivity contribution is -0.142. The number of aryl methyl sites for hydroxylation is 2. The first kappa shape index (κ1) is 15.5. The van der Waals surface area contributed by atoms with Crippen LogP contribution in [0.15, 0.2) is 4.52 Å². The summed E-state index contributed by atoms with van der Waals surface area (Å²) in [6.07, 6.45) is 2.38. The van der Waals surface area contributed by atoms with Gasteiger partial charge in [0.15, 0.2) is 5.82 Å². The van der Waals surface area contributed by atoms with Crippen LogP contribution in [0.5, 0.6) is 0 Å². The molecule has 1 saturated heterocycles. The number of nitrogens with zero attached hydrogens (tertiary/aromatic N) is 3. The van der Waals surface area contributed by atoms with Crippen molar-refractivity contribution in [1.29, 1.82) is 0 Å². The summed E-state index contributed by atoms with van der Waals surface area (Å²) >= 11 is 0. The quantitative estimate of drug-likeness (QED) is 0.845. The Labute approximate surface area is 123 Å². The predicted molar refractivity (Wildman–Crippen MR) is 73.5 cm³/mol. The van der Waals surface area contributed by atoms with Crippen molar-refractivity contribution < 1.29 is 19.2 Å². The van der Waals surface area contributed by atoms with E-state index >= 15 is 0 Å². The fourth-order valence-corrected chi connectivity index (χ4v) is 2.58. The molecular weight excluding hydrogens is 274 g/mol. The molecule has 2 unspecified atom stereocenters. The van der Waals surface area contributed by atoms with Crippen molar-refractivity contribution in [2.45, 2.75) is 39.5 Å². The summed E-state index contributed by atoms with van der Waals surface area (Å²) in [6, 6.07) is 0. The number of aliphatic carboxylic acids is 1. The fraction of sp³-hybridized carbons (Fsp3) is 0.714. The maximum atomic E-state index is 12.1. The van der Waals surface area contributed by atoms with E-state index in [0.717, 1.165) is 12.8 Å². The van der Waals surface area contributed by atoms with Crippen LogP contribution in [0.25, 0.3) is 0 Å². The number of carbonyl (C=O) groups is 2. The third-order valence-corrected chi connectivity index (χ3v) is 3.82. The standard InChI is InChI=1S/C14H21N3O4/c1-3-4-11-15-12(21-16-11)5-6-13(18)17-7-9(2)10(8-17)14(19)20/h9-10H,3-8H2,1-2H3,(H,19,20). The topological polar surface area (TPSA) is 96.5 Å². The van der Waals surface area contributed by atoms with E-state index in [0.29, 0.717) is 31.2 Å². The number of carboxylic acid groups (broad SMARTS) is 1. The maximum Gasteiger partial charge on any atom is 0.308 e. The van der Waals surface area contributed by atoms with Gasteiger partial charge in [-0.3, -0.25) is 9.59 Å². The first-order valence-corrected chi connectivity index (χ1v) is 7.33. The molecule has 1 aromatic heterocycles. The van der Waals surface area contributed by atoms with Crippen molar-refractivity contribution in [2.24, 2.45) is 11.8 Å². The van der Waals surface area contributed by atoms with E-state index in [2.05, 4.69) is 10.1 Å². The minimum absolute atomic E-state index is 0.00832. The smallest absolute Gasteiger partial charge is 0.308 e. The van der Waals surface area contributed by atoms with Crippen LogP contribution in [0.3, 0.4) is 0 Å². The number of amides is 1. The second-order valence-corrected chi connectivity index (χ2v) is 5.58. The minimum atomic E-state index is -0.834. The van der Waals surface area contributed by atoms with Crippen molar-refractivity contribution in [1.82, 2.24) is 15.0 Å². The third-order valence-electron chi connectivity index (χ3n) is 3.82. The van der Waals surface area contributed by atoms with E-state index in [1.807, 2.05) is 13.8 Å². The van der Waals surface area contributed by atoms with Crippen molar-refractivity contribution in [3.8, 4) is 0 Å². The van der Waals surface area contributed by atoms with Crippen molar-refractivity contribution in [3.63, 3.8) is 0 Å². The Balaban J connectivity index is 1.83. The lowest BCUT2D eigenvalue weighted by Gasteiger charge is -2.15. The molecule has 1 aliphatic heterocycles. The number of aromatic nitrogens is 2. The van der Waals surface area contributed by atoms with Crippen molar-refractivity contribution in [3.05, 3.63) is 11.7 Å². The zero-order valence-electron chi connectivity index (χ0n) is 12.4. The molecule has 1 N–H and O–H groups in total. The molecule has 0 aromatic carbocycles. The minimum Gasteiger partial charge on any atom is -0.481 e. The Hall–Kier alpha value is -1.92. The van der Waals surface area contributed by atoms with E-state index in [-0.39, 0.29) is 18.2 Å². The van der Waals surface area contributed by atoms with Crippen LogP contribution in [0, 0.1) is 11.8 Å². The SMILES string of the molecule is CCCc1noc(CCC(=O)N2CC(C)C(C(=O)O)C2)n1. The molecule has 7 nitrogen and oxygen atoms in total. The largest absolute Gasteiger partial charge is 0.481 e. The Morgan fingerprint density at radius 2 is 2.14 bits per heavy atom. The summed E-state index contributed by atoms with van der Waals surface area (Å²) < 4.78 is 5.08. The summed E-state index contributed by atoms with van der Waals surface area (Å²) in [5.74, 6) is -0.228. The van der Waals surface area contributed by atoms with Crippen molar-refractivity contribution >= 4 is 11.9 Å². The van der Waals surface area contributed by atoms with Crippen molar-refractivity contribution in [2.75, 3.05) is 13.1 Å². The highest BCUT2D eigenvalue weighted by Crippen LogP contribution is 2.23. The first-order valence-electron chi connectivity index (χ1n) is 7.33. The van der Waals surface area contributed by atoms with Gasteiger partial charge >= 0.3 is 5.97 Å². The normalized spacial score (nSPS) is 21.7. The van der Waals surface area contributed by atoms with Gasteiger partial charge < -0.3 is 14.5 Å². The molecule has 116 valence electrons. The highest BCUT2D eigenvalue weighted by molar-refractivity contribution is 5.79. The number of carboxylic acids is 1. The molecule has 0 saturated carbocycles. The molecule has 2 rings (SSSR count). The summed E-state index contributed by atoms with van der Waals surface area (Å²) in [7, 11) is 0. The molecule has 0 aliphatic carbocycles. The maximum absolute atomic E-state index is 12.1. The molecule has 1 aromatic rings. The van der Waals surface area contributed by atoms with Gasteiger partial charge in [-0.15, -0.1) is 0 Å². The Bertz CT molecular complexity index is 514. The van der Waals surface area contributed by atoms with E-state index in [4.69, 9.17) is 9.63 Å². The van der Waals surface area contributed by atoms with Gasteiger partial charge in [0.1, 0.15) is 0 Å². The van der Waals surface area contributed by atoms with E-state index in [1.165, 1.54) is 0 Å². The van der Waals surface area contributed by atoms with Gasteiger partial charge in [0, 0.05) is 32.4 Å². The summed E-state index contributed by atoms with van der Waals surface area (Å²) in [4.78, 5) is 29.0. The first-order chi connectivity index (χ1) is 10.0. The molecule has 1 aliphatic rings. The van der Waals surface area contributed by atoms with Gasteiger partial charge in [-0.25, -0.2) is 0 Å². The molecule has 1 amide bonds. The monoisotopic (exact) mass is 295 g/mol. The average molecular weight is 295 g/mol. The van der Waals surface area contributed by atoms with Crippen LogP contribution in [0.2, 0.25) is 0 Å². The Kier molecular flexibility index (Phi) is 4.93. The summed E-state index contributed by atoms with van der Waals surface area (Å²) in [5.41, 5.74) is 0. The number of hydrogen-bond donors (Lipinski definition) is 1. The predicted octanol–water partition coefficient (Wildman–Crippen LogP) is 1.13. The Morgan fingerprint density at radius 1 is 1.38 bits per heavy atom. The molecule has 21 heavy (non-hydrogen) atoms. The van der Waals surface area contributed by atoms with Gasteiger partial charge in [0.25, 0.3) is 0 Å². The van der Waals surface area contributed by atoms with Crippen LogP contribution in [0.4, 0.5) is 0 Å². The van der Waals surface area contributed by atoms with E-state index in [1.54, 1.807) is 4.90 Å². The number of rotatable bonds is 6. The number of carbonyl (C=O) groups excluding carboxylic acids is 1. The Morgan fingerprint density at radius 3 is 2.76 bits per heavy atom. The molecule has 2 heterocycles. The molecule has 7 heteroatoms. The zero-order valence-corrected chi connectivity index (χ0v) is 12.4. The lowest BCUT2D eigenvalue weighted by Crippen LogP contribution is -2.30. The van der Waals surface area contributed by atoms with E-state index < -0.39 is 11.9 Å². The van der Waals surface area contributed by atoms with Crippen LogP contribution in [0.1, 0.15) is 38.4 Å². The fourth-order valence-electron chi connectivity index (χ4n) is 2.58. The number of likely N-dealkylation sites (tertiary alicyclic amines) is 1.